The highest BCUT2D eigenvalue weighted by Crippen LogP contribution is 2.28. The second kappa shape index (κ2) is 8.38. The average molecular weight is 395 g/mol. The second-order valence-electron chi connectivity index (χ2n) is 6.08. The Morgan fingerprint density at radius 3 is 2.60 bits per heavy atom. The summed E-state index contributed by atoms with van der Waals surface area (Å²) >= 11 is 0. The van der Waals surface area contributed by atoms with Crippen molar-refractivity contribution in [1.82, 2.24) is 20.4 Å². The predicted octanol–water partition coefficient (Wildman–Crippen LogP) is 0.814. The molecule has 2 rings (SSSR count). The van der Waals surface area contributed by atoms with Crippen molar-refractivity contribution in [2.75, 3.05) is 46.8 Å². The van der Waals surface area contributed by atoms with Crippen LogP contribution in [-0.2, 0) is 0 Å². The summed E-state index contributed by atoms with van der Waals surface area (Å²) in [7, 11) is 4.40. The summed E-state index contributed by atoms with van der Waals surface area (Å²) in [5, 5.41) is 6.86. The highest BCUT2D eigenvalue weighted by molar-refractivity contribution is 14.0. The van der Waals surface area contributed by atoms with Crippen LogP contribution >= 0.6 is 24.0 Å². The van der Waals surface area contributed by atoms with Crippen molar-refractivity contribution in [3.05, 3.63) is 0 Å². The maximum Gasteiger partial charge on any atom is 0.191 e. The largest absolute Gasteiger partial charge is 0.357 e. The lowest BCUT2D eigenvalue weighted by molar-refractivity contribution is 0.119. The van der Waals surface area contributed by atoms with Gasteiger partial charge in [0.15, 0.2) is 5.96 Å². The monoisotopic (exact) mass is 395 g/mol. The zero-order chi connectivity index (χ0) is 13.8. The number of halogens is 1. The third-order valence-corrected chi connectivity index (χ3v) is 4.22. The van der Waals surface area contributed by atoms with Crippen molar-refractivity contribution in [2.24, 2.45) is 10.9 Å². The lowest BCUT2D eigenvalue weighted by Gasteiger charge is -2.36. The number of nitrogens with zero attached hydrogens (tertiary/aromatic N) is 3. The van der Waals surface area contributed by atoms with Gasteiger partial charge in [0.05, 0.1) is 6.54 Å². The summed E-state index contributed by atoms with van der Waals surface area (Å²) in [5.74, 6) is 1.78. The van der Waals surface area contributed by atoms with E-state index in [4.69, 9.17) is 4.99 Å². The number of nitrogens with one attached hydrogen (secondary N) is 2. The van der Waals surface area contributed by atoms with Gasteiger partial charge in [-0.1, -0.05) is 6.92 Å². The minimum atomic E-state index is 0. The highest BCUT2D eigenvalue weighted by atomic mass is 127. The molecule has 0 spiro atoms. The van der Waals surface area contributed by atoms with Gasteiger partial charge in [0, 0.05) is 38.3 Å². The normalized spacial score (nSPS) is 31.6. The third kappa shape index (κ3) is 5.37. The molecule has 1 saturated carbocycles. The van der Waals surface area contributed by atoms with Gasteiger partial charge >= 0.3 is 0 Å². The Morgan fingerprint density at radius 1 is 1.30 bits per heavy atom. The van der Waals surface area contributed by atoms with Gasteiger partial charge in [-0.3, -0.25) is 9.89 Å². The summed E-state index contributed by atoms with van der Waals surface area (Å²) in [5.41, 5.74) is 0. The van der Waals surface area contributed by atoms with Crippen LogP contribution in [0.15, 0.2) is 4.99 Å². The van der Waals surface area contributed by atoms with E-state index in [1.54, 1.807) is 0 Å². The molecule has 6 heteroatoms. The number of guanidine groups is 1. The van der Waals surface area contributed by atoms with E-state index >= 15 is 0 Å². The molecular weight excluding hydrogens is 365 g/mol. The standard InChI is InChI=1S/C14H29N5.HI/c1-5-15-14(17-13-8-11(13)2)16-9-12-10-18(3)6-7-19(12)4;/h11-13H,5-10H2,1-4H3,(H2,15,16,17);1H. The van der Waals surface area contributed by atoms with E-state index in [0.29, 0.717) is 12.1 Å². The van der Waals surface area contributed by atoms with Crippen LogP contribution in [0, 0.1) is 5.92 Å². The Labute approximate surface area is 140 Å². The van der Waals surface area contributed by atoms with E-state index < -0.39 is 0 Å². The summed E-state index contributed by atoms with van der Waals surface area (Å²) in [6.07, 6.45) is 1.27. The van der Waals surface area contributed by atoms with Gasteiger partial charge in [0.1, 0.15) is 0 Å². The summed E-state index contributed by atoms with van der Waals surface area (Å²) < 4.78 is 0. The van der Waals surface area contributed by atoms with Gasteiger partial charge in [0.2, 0.25) is 0 Å². The van der Waals surface area contributed by atoms with Gasteiger partial charge in [-0.2, -0.15) is 0 Å². The maximum atomic E-state index is 4.76. The van der Waals surface area contributed by atoms with Gasteiger partial charge < -0.3 is 15.5 Å². The SMILES string of the molecule is CCNC(=NCC1CN(C)CCN1C)NC1CC1C.I. The molecule has 2 fully saturated rings. The molecule has 0 amide bonds. The Morgan fingerprint density at radius 2 is 2.00 bits per heavy atom. The van der Waals surface area contributed by atoms with Gasteiger partial charge in [0.25, 0.3) is 0 Å². The zero-order valence-corrected chi connectivity index (χ0v) is 15.6. The molecule has 3 atom stereocenters. The summed E-state index contributed by atoms with van der Waals surface area (Å²) in [6, 6.07) is 1.16. The summed E-state index contributed by atoms with van der Waals surface area (Å²) in [6.45, 7) is 9.61. The molecule has 118 valence electrons. The van der Waals surface area contributed by atoms with Crippen LogP contribution in [0.4, 0.5) is 0 Å². The minimum absolute atomic E-state index is 0. The molecule has 0 aromatic carbocycles. The predicted molar refractivity (Wildman–Crippen MR) is 96.0 cm³/mol. The van der Waals surface area contributed by atoms with Crippen LogP contribution in [0.25, 0.3) is 0 Å². The molecule has 20 heavy (non-hydrogen) atoms. The highest BCUT2D eigenvalue weighted by Gasteiger charge is 2.33. The van der Waals surface area contributed by atoms with E-state index in [-0.39, 0.29) is 24.0 Å². The first-order chi connectivity index (χ1) is 9.10. The zero-order valence-electron chi connectivity index (χ0n) is 13.2. The van der Waals surface area contributed by atoms with Crippen LogP contribution in [0.5, 0.6) is 0 Å². The molecule has 3 unspecified atom stereocenters. The van der Waals surface area contributed by atoms with E-state index in [1.165, 1.54) is 6.42 Å². The van der Waals surface area contributed by atoms with E-state index in [0.717, 1.165) is 44.6 Å². The second-order valence-corrected chi connectivity index (χ2v) is 6.08. The minimum Gasteiger partial charge on any atom is -0.357 e. The van der Waals surface area contributed by atoms with Crippen LogP contribution in [0.3, 0.4) is 0 Å². The average Bonchev–Trinajstić information content (AvgIpc) is 3.06. The molecule has 0 radical (unpaired) electrons. The first kappa shape index (κ1) is 18.0. The third-order valence-electron chi connectivity index (χ3n) is 4.22. The first-order valence-corrected chi connectivity index (χ1v) is 7.53. The molecule has 2 aliphatic rings. The van der Waals surface area contributed by atoms with E-state index in [1.807, 2.05) is 0 Å². The van der Waals surface area contributed by atoms with Crippen molar-refractivity contribution in [2.45, 2.75) is 32.4 Å². The molecule has 1 heterocycles. The fourth-order valence-electron chi connectivity index (χ4n) is 2.51. The molecule has 2 N–H and O–H groups in total. The molecule has 0 aromatic heterocycles. The Kier molecular flexibility index (Phi) is 7.53. The quantitative estimate of drug-likeness (QED) is 0.420. The Balaban J connectivity index is 0.00000200. The van der Waals surface area contributed by atoms with Crippen LogP contribution in [-0.4, -0.2) is 74.7 Å². The Hall–Kier alpha value is -0.0800. The molecule has 1 aliphatic heterocycles. The molecular formula is C14H30IN5. The smallest absolute Gasteiger partial charge is 0.191 e. The topological polar surface area (TPSA) is 42.9 Å². The Bertz CT molecular complexity index is 323. The van der Waals surface area contributed by atoms with Crippen molar-refractivity contribution in [3.63, 3.8) is 0 Å². The van der Waals surface area contributed by atoms with Gasteiger partial charge in [-0.25, -0.2) is 0 Å². The number of hydrogen-bond acceptors (Lipinski definition) is 3. The fourth-order valence-corrected chi connectivity index (χ4v) is 2.51. The van der Waals surface area contributed by atoms with Crippen molar-refractivity contribution in [3.8, 4) is 0 Å². The number of hydrogen-bond donors (Lipinski definition) is 2. The molecule has 1 aliphatic carbocycles. The van der Waals surface area contributed by atoms with Crippen LogP contribution in [0.1, 0.15) is 20.3 Å². The fraction of sp³-hybridized carbons (Fsp3) is 0.929. The van der Waals surface area contributed by atoms with Crippen molar-refractivity contribution < 1.29 is 0 Å². The number of likely N-dealkylation sites (N-methyl/N-ethyl adjacent to an activating group) is 2. The summed E-state index contributed by atoms with van der Waals surface area (Å²) in [4.78, 5) is 9.58. The van der Waals surface area contributed by atoms with Gasteiger partial charge in [-0.05, 0) is 33.4 Å². The number of aliphatic imine (C=N–C) groups is 1. The maximum absolute atomic E-state index is 4.76. The van der Waals surface area contributed by atoms with E-state index in [9.17, 15) is 0 Å². The molecule has 0 bridgehead atoms. The lowest BCUT2D eigenvalue weighted by Crippen LogP contribution is -2.51. The van der Waals surface area contributed by atoms with Crippen molar-refractivity contribution in [1.29, 1.82) is 0 Å². The first-order valence-electron chi connectivity index (χ1n) is 7.53. The van der Waals surface area contributed by atoms with Crippen molar-refractivity contribution >= 4 is 29.9 Å². The van der Waals surface area contributed by atoms with Gasteiger partial charge in [-0.15, -0.1) is 24.0 Å². The molecule has 5 nitrogen and oxygen atoms in total. The number of rotatable bonds is 4. The molecule has 0 aromatic rings. The molecule has 1 saturated heterocycles. The lowest BCUT2D eigenvalue weighted by atomic mass is 10.2. The van der Waals surface area contributed by atoms with Crippen LogP contribution < -0.4 is 10.6 Å². The number of piperazine rings is 1. The van der Waals surface area contributed by atoms with E-state index in [2.05, 4.69) is 48.4 Å². The van der Waals surface area contributed by atoms with Crippen LogP contribution in [0.2, 0.25) is 0 Å².